The highest BCUT2D eigenvalue weighted by Gasteiger charge is 2.16. The third-order valence-electron chi connectivity index (χ3n) is 3.63. The zero-order valence-electron chi connectivity index (χ0n) is 14.1. The maximum atomic E-state index is 6.39. The lowest BCUT2D eigenvalue weighted by atomic mass is 10.1. The van der Waals surface area contributed by atoms with Crippen LogP contribution in [0.1, 0.15) is 45.1 Å². The van der Waals surface area contributed by atoms with Crippen molar-refractivity contribution in [3.63, 3.8) is 0 Å². The van der Waals surface area contributed by atoms with Crippen LogP contribution in [0.2, 0.25) is 5.02 Å². The molecule has 0 bridgehead atoms. The molecule has 0 atom stereocenters. The number of aryl methyl sites for hydroxylation is 1. The quantitative estimate of drug-likeness (QED) is 0.624. The molecule has 4 nitrogen and oxygen atoms in total. The van der Waals surface area contributed by atoms with Crippen LogP contribution in [0.25, 0.3) is 11.3 Å². The van der Waals surface area contributed by atoms with Gasteiger partial charge in [0, 0.05) is 17.8 Å². The molecule has 0 aliphatic rings. The number of benzene rings is 1. The van der Waals surface area contributed by atoms with Crippen molar-refractivity contribution >= 4 is 11.6 Å². The molecule has 0 amide bonds. The fraction of sp³-hybridized carbons (Fsp3) is 0.500. The van der Waals surface area contributed by atoms with Crippen LogP contribution in [0.5, 0.6) is 11.5 Å². The molecule has 0 fully saturated rings. The van der Waals surface area contributed by atoms with Gasteiger partial charge in [-0.05, 0) is 31.4 Å². The number of unbranched alkanes of at least 4 members (excludes halogenated alkanes) is 2. The number of H-pyrrole nitrogens is 1. The summed E-state index contributed by atoms with van der Waals surface area (Å²) < 4.78 is 11.8. The topological polar surface area (TPSA) is 47.1 Å². The van der Waals surface area contributed by atoms with Crippen LogP contribution in [-0.2, 0) is 0 Å². The van der Waals surface area contributed by atoms with Crippen molar-refractivity contribution in [3.05, 3.63) is 28.9 Å². The predicted molar refractivity (Wildman–Crippen MR) is 94.6 cm³/mol. The minimum atomic E-state index is 0.585. The van der Waals surface area contributed by atoms with Gasteiger partial charge in [-0.1, -0.05) is 38.3 Å². The van der Waals surface area contributed by atoms with Crippen molar-refractivity contribution in [1.82, 2.24) is 10.2 Å². The standard InChI is InChI=1S/C18H25ClN2O2/c1-4-6-8-22-16-11-17(23-9-7-5-2)15(19)10-14(16)18-13(3)12-20-21-18/h10-12H,4-9H2,1-3H3,(H,20,21). The summed E-state index contributed by atoms with van der Waals surface area (Å²) in [7, 11) is 0. The number of halogens is 1. The largest absolute Gasteiger partial charge is 0.493 e. The molecule has 0 unspecified atom stereocenters. The summed E-state index contributed by atoms with van der Waals surface area (Å²) in [6.07, 6.45) is 6.05. The van der Waals surface area contributed by atoms with E-state index >= 15 is 0 Å². The van der Waals surface area contributed by atoms with Crippen molar-refractivity contribution < 1.29 is 9.47 Å². The summed E-state index contributed by atoms with van der Waals surface area (Å²) in [5.74, 6) is 1.44. The minimum Gasteiger partial charge on any atom is -0.493 e. The molecule has 1 N–H and O–H groups in total. The number of hydrogen-bond donors (Lipinski definition) is 1. The van der Waals surface area contributed by atoms with Gasteiger partial charge in [0.1, 0.15) is 11.5 Å². The van der Waals surface area contributed by atoms with Crippen LogP contribution in [-0.4, -0.2) is 23.4 Å². The summed E-state index contributed by atoms with van der Waals surface area (Å²) in [4.78, 5) is 0. The van der Waals surface area contributed by atoms with Gasteiger partial charge in [0.25, 0.3) is 0 Å². The summed E-state index contributed by atoms with van der Waals surface area (Å²) >= 11 is 6.39. The maximum Gasteiger partial charge on any atom is 0.141 e. The van der Waals surface area contributed by atoms with E-state index in [9.17, 15) is 0 Å². The molecule has 1 heterocycles. The molecule has 0 spiro atoms. The molecule has 2 aromatic rings. The van der Waals surface area contributed by atoms with Crippen molar-refractivity contribution in [3.8, 4) is 22.8 Å². The first kappa shape index (κ1) is 17.7. The Morgan fingerprint density at radius 3 is 2.26 bits per heavy atom. The van der Waals surface area contributed by atoms with Gasteiger partial charge in [-0.25, -0.2) is 0 Å². The Bertz CT molecular complexity index is 625. The van der Waals surface area contributed by atoms with Gasteiger partial charge in [-0.3, -0.25) is 5.10 Å². The molecule has 23 heavy (non-hydrogen) atoms. The smallest absolute Gasteiger partial charge is 0.141 e. The van der Waals surface area contributed by atoms with Gasteiger partial charge in [0.2, 0.25) is 0 Å². The van der Waals surface area contributed by atoms with Gasteiger partial charge in [0.15, 0.2) is 0 Å². The van der Waals surface area contributed by atoms with E-state index in [1.807, 2.05) is 25.3 Å². The first-order valence-electron chi connectivity index (χ1n) is 8.27. The average Bonchev–Trinajstić information content (AvgIpc) is 2.96. The second-order valence-electron chi connectivity index (χ2n) is 5.60. The van der Waals surface area contributed by atoms with Crippen molar-refractivity contribution in [1.29, 1.82) is 0 Å². The number of rotatable bonds is 9. The first-order valence-corrected chi connectivity index (χ1v) is 8.65. The lowest BCUT2D eigenvalue weighted by Gasteiger charge is -2.15. The normalized spacial score (nSPS) is 10.8. The number of ether oxygens (including phenoxy) is 2. The highest BCUT2D eigenvalue weighted by atomic mass is 35.5. The average molecular weight is 337 g/mol. The Balaban J connectivity index is 2.32. The van der Waals surface area contributed by atoms with Crippen LogP contribution in [0.4, 0.5) is 0 Å². The van der Waals surface area contributed by atoms with E-state index in [-0.39, 0.29) is 0 Å². The lowest BCUT2D eigenvalue weighted by molar-refractivity contribution is 0.295. The Morgan fingerprint density at radius 1 is 1.04 bits per heavy atom. The highest BCUT2D eigenvalue weighted by molar-refractivity contribution is 6.32. The fourth-order valence-electron chi connectivity index (χ4n) is 2.23. The van der Waals surface area contributed by atoms with Crippen LogP contribution in [0.15, 0.2) is 18.3 Å². The molecular formula is C18H25ClN2O2. The van der Waals surface area contributed by atoms with Crippen molar-refractivity contribution in [2.75, 3.05) is 13.2 Å². The van der Waals surface area contributed by atoms with Gasteiger partial charge < -0.3 is 9.47 Å². The highest BCUT2D eigenvalue weighted by Crippen LogP contribution is 2.39. The third kappa shape index (κ3) is 4.64. The van der Waals surface area contributed by atoms with E-state index in [2.05, 4.69) is 24.0 Å². The molecule has 0 aliphatic heterocycles. The molecule has 0 saturated carbocycles. The van der Waals surface area contributed by atoms with Crippen LogP contribution >= 0.6 is 11.6 Å². The second-order valence-corrected chi connectivity index (χ2v) is 6.01. The maximum absolute atomic E-state index is 6.39. The van der Waals surface area contributed by atoms with Gasteiger partial charge in [0.05, 0.1) is 23.9 Å². The summed E-state index contributed by atoms with van der Waals surface area (Å²) in [5, 5.41) is 7.79. The third-order valence-corrected chi connectivity index (χ3v) is 3.93. The zero-order valence-corrected chi connectivity index (χ0v) is 14.9. The minimum absolute atomic E-state index is 0.585. The van der Waals surface area contributed by atoms with Crippen molar-refractivity contribution in [2.45, 2.75) is 46.5 Å². The van der Waals surface area contributed by atoms with Gasteiger partial charge in [-0.2, -0.15) is 5.10 Å². The molecule has 5 heteroatoms. The van der Waals surface area contributed by atoms with Crippen LogP contribution in [0.3, 0.4) is 0 Å². The van der Waals surface area contributed by atoms with Gasteiger partial charge >= 0.3 is 0 Å². The molecule has 1 aromatic carbocycles. The summed E-state index contributed by atoms with van der Waals surface area (Å²) in [5.41, 5.74) is 2.81. The number of aromatic amines is 1. The van der Waals surface area contributed by atoms with Crippen LogP contribution < -0.4 is 9.47 Å². The molecule has 126 valence electrons. The van der Waals surface area contributed by atoms with E-state index in [1.54, 1.807) is 0 Å². The van der Waals surface area contributed by atoms with E-state index in [0.717, 1.165) is 48.3 Å². The van der Waals surface area contributed by atoms with E-state index in [4.69, 9.17) is 21.1 Å². The number of nitrogens with one attached hydrogen (secondary N) is 1. The fourth-order valence-corrected chi connectivity index (χ4v) is 2.44. The molecular weight excluding hydrogens is 312 g/mol. The molecule has 2 rings (SSSR count). The van der Waals surface area contributed by atoms with E-state index in [1.165, 1.54) is 0 Å². The molecule has 0 saturated heterocycles. The second kappa shape index (κ2) is 8.82. The van der Waals surface area contributed by atoms with E-state index in [0.29, 0.717) is 24.0 Å². The van der Waals surface area contributed by atoms with Crippen molar-refractivity contribution in [2.24, 2.45) is 0 Å². The summed E-state index contributed by atoms with van der Waals surface area (Å²) in [6.45, 7) is 7.61. The monoisotopic (exact) mass is 336 g/mol. The SMILES string of the molecule is CCCCOc1cc(OCCCC)c(-c2n[nH]cc2C)cc1Cl. The number of nitrogens with zero attached hydrogens (tertiary/aromatic N) is 1. The zero-order chi connectivity index (χ0) is 16.7. The van der Waals surface area contributed by atoms with Gasteiger partial charge in [-0.15, -0.1) is 0 Å². The summed E-state index contributed by atoms with van der Waals surface area (Å²) in [6, 6.07) is 3.77. The first-order chi connectivity index (χ1) is 11.2. The Hall–Kier alpha value is -1.68. The number of hydrogen-bond acceptors (Lipinski definition) is 3. The number of aromatic nitrogens is 2. The Morgan fingerprint density at radius 2 is 1.70 bits per heavy atom. The lowest BCUT2D eigenvalue weighted by Crippen LogP contribution is -2.02. The molecule has 0 radical (unpaired) electrons. The molecule has 0 aliphatic carbocycles. The molecule has 1 aromatic heterocycles. The Labute approximate surface area is 143 Å². The predicted octanol–water partition coefficient (Wildman–Crippen LogP) is 5.40. The van der Waals surface area contributed by atoms with E-state index < -0.39 is 0 Å². The van der Waals surface area contributed by atoms with Crippen LogP contribution in [0, 0.1) is 6.92 Å². The Kier molecular flexibility index (Phi) is 6.78.